The van der Waals surface area contributed by atoms with Gasteiger partial charge < -0.3 is 10.2 Å². The molecule has 1 aliphatic rings. The topological polar surface area (TPSA) is 32.3 Å². The van der Waals surface area contributed by atoms with Crippen LogP contribution in [0.25, 0.3) is 0 Å². The molecule has 1 N–H and O–H groups in total. The number of nitrogens with one attached hydrogen (secondary N) is 1. The van der Waals surface area contributed by atoms with E-state index in [1.165, 1.54) is 38.8 Å². The maximum atomic E-state index is 12.1. The standard InChI is InChI=1S/C16H23BrN2O/c1-13-6-7-14(12-15(13)17)16(20)18-8-11-19-9-4-2-3-5-10-19/h6-7,12H,2-5,8-11H2,1H3,(H,18,20). The summed E-state index contributed by atoms with van der Waals surface area (Å²) in [6, 6.07) is 5.73. The van der Waals surface area contributed by atoms with Crippen LogP contribution < -0.4 is 5.32 Å². The van der Waals surface area contributed by atoms with Gasteiger partial charge in [-0.2, -0.15) is 0 Å². The molecule has 0 aliphatic carbocycles. The van der Waals surface area contributed by atoms with Crippen LogP contribution in [0.5, 0.6) is 0 Å². The molecule has 1 aromatic rings. The summed E-state index contributed by atoms with van der Waals surface area (Å²) in [6.07, 6.45) is 5.28. The molecule has 1 heterocycles. The summed E-state index contributed by atoms with van der Waals surface area (Å²) < 4.78 is 0.984. The van der Waals surface area contributed by atoms with Crippen molar-refractivity contribution in [2.75, 3.05) is 26.2 Å². The van der Waals surface area contributed by atoms with Crippen LogP contribution in [0.3, 0.4) is 0 Å². The molecule has 0 spiro atoms. The number of hydrogen-bond acceptors (Lipinski definition) is 2. The van der Waals surface area contributed by atoms with Gasteiger partial charge in [0.2, 0.25) is 0 Å². The van der Waals surface area contributed by atoms with Crippen LogP contribution in [0.4, 0.5) is 0 Å². The quantitative estimate of drug-likeness (QED) is 0.912. The summed E-state index contributed by atoms with van der Waals surface area (Å²) in [5.41, 5.74) is 1.87. The zero-order valence-corrected chi connectivity index (χ0v) is 13.7. The number of amides is 1. The summed E-state index contributed by atoms with van der Waals surface area (Å²) in [6.45, 7) is 6.05. The van der Waals surface area contributed by atoms with Crippen molar-refractivity contribution in [3.8, 4) is 0 Å². The zero-order chi connectivity index (χ0) is 14.4. The van der Waals surface area contributed by atoms with Crippen LogP contribution in [-0.4, -0.2) is 37.0 Å². The van der Waals surface area contributed by atoms with Crippen molar-refractivity contribution in [3.63, 3.8) is 0 Å². The van der Waals surface area contributed by atoms with Crippen LogP contribution in [0.1, 0.15) is 41.6 Å². The highest BCUT2D eigenvalue weighted by atomic mass is 79.9. The minimum absolute atomic E-state index is 0.0144. The summed E-state index contributed by atoms with van der Waals surface area (Å²) in [7, 11) is 0. The number of halogens is 1. The van der Waals surface area contributed by atoms with Crippen LogP contribution in [-0.2, 0) is 0 Å². The van der Waals surface area contributed by atoms with Crippen molar-refractivity contribution < 1.29 is 4.79 Å². The van der Waals surface area contributed by atoms with Gasteiger partial charge in [-0.05, 0) is 50.6 Å². The molecule has 0 atom stereocenters. The lowest BCUT2D eigenvalue weighted by Gasteiger charge is -2.19. The second-order valence-corrected chi connectivity index (χ2v) is 6.33. The van der Waals surface area contributed by atoms with E-state index in [-0.39, 0.29) is 5.91 Å². The molecule has 4 heteroatoms. The van der Waals surface area contributed by atoms with E-state index in [0.717, 1.165) is 28.7 Å². The van der Waals surface area contributed by atoms with E-state index in [2.05, 4.69) is 26.1 Å². The van der Waals surface area contributed by atoms with Gasteiger partial charge in [-0.25, -0.2) is 0 Å². The van der Waals surface area contributed by atoms with Gasteiger partial charge in [-0.15, -0.1) is 0 Å². The Kier molecular flexibility index (Phi) is 6.05. The minimum Gasteiger partial charge on any atom is -0.351 e. The van der Waals surface area contributed by atoms with Crippen LogP contribution in [0, 0.1) is 6.92 Å². The molecular formula is C16H23BrN2O. The smallest absolute Gasteiger partial charge is 0.251 e. The van der Waals surface area contributed by atoms with E-state index in [1.807, 2.05) is 25.1 Å². The Balaban J connectivity index is 1.78. The molecule has 0 unspecified atom stereocenters. The number of likely N-dealkylation sites (tertiary alicyclic amines) is 1. The number of hydrogen-bond donors (Lipinski definition) is 1. The Labute approximate surface area is 129 Å². The van der Waals surface area contributed by atoms with Gasteiger partial charge in [0.05, 0.1) is 0 Å². The monoisotopic (exact) mass is 338 g/mol. The molecule has 0 saturated carbocycles. The lowest BCUT2D eigenvalue weighted by molar-refractivity contribution is 0.0948. The molecule has 1 aliphatic heterocycles. The Morgan fingerprint density at radius 3 is 2.60 bits per heavy atom. The van der Waals surface area contributed by atoms with Gasteiger partial charge in [0.15, 0.2) is 0 Å². The Hall–Kier alpha value is -0.870. The molecule has 20 heavy (non-hydrogen) atoms. The first kappa shape index (κ1) is 15.5. The molecule has 110 valence electrons. The minimum atomic E-state index is 0.0144. The van der Waals surface area contributed by atoms with Crippen molar-refractivity contribution in [1.82, 2.24) is 10.2 Å². The maximum Gasteiger partial charge on any atom is 0.251 e. The van der Waals surface area contributed by atoms with Gasteiger partial charge in [-0.1, -0.05) is 34.8 Å². The third kappa shape index (κ3) is 4.60. The highest BCUT2D eigenvalue weighted by Crippen LogP contribution is 2.17. The van der Waals surface area contributed by atoms with Gasteiger partial charge in [0, 0.05) is 23.1 Å². The van der Waals surface area contributed by atoms with Crippen molar-refractivity contribution in [1.29, 1.82) is 0 Å². The fourth-order valence-electron chi connectivity index (χ4n) is 2.52. The molecule has 2 rings (SSSR count). The van der Waals surface area contributed by atoms with Crippen molar-refractivity contribution in [2.24, 2.45) is 0 Å². The van der Waals surface area contributed by atoms with Crippen LogP contribution in [0.15, 0.2) is 22.7 Å². The number of benzene rings is 1. The second kappa shape index (κ2) is 7.79. The summed E-state index contributed by atoms with van der Waals surface area (Å²) in [4.78, 5) is 14.5. The number of nitrogens with zero attached hydrogens (tertiary/aromatic N) is 1. The van der Waals surface area contributed by atoms with Crippen LogP contribution >= 0.6 is 15.9 Å². The van der Waals surface area contributed by atoms with E-state index >= 15 is 0 Å². The van der Waals surface area contributed by atoms with E-state index in [9.17, 15) is 4.79 Å². The zero-order valence-electron chi connectivity index (χ0n) is 12.1. The second-order valence-electron chi connectivity index (χ2n) is 5.48. The van der Waals surface area contributed by atoms with Crippen LogP contribution in [0.2, 0.25) is 0 Å². The van der Waals surface area contributed by atoms with E-state index in [1.54, 1.807) is 0 Å². The number of carbonyl (C=O) groups excluding carboxylic acids is 1. The normalized spacial score (nSPS) is 16.7. The van der Waals surface area contributed by atoms with Gasteiger partial charge >= 0.3 is 0 Å². The van der Waals surface area contributed by atoms with E-state index in [0.29, 0.717) is 0 Å². The van der Waals surface area contributed by atoms with Crippen molar-refractivity contribution >= 4 is 21.8 Å². The average Bonchev–Trinajstić information content (AvgIpc) is 2.70. The first-order chi connectivity index (χ1) is 9.66. The first-order valence-electron chi connectivity index (χ1n) is 7.43. The van der Waals surface area contributed by atoms with Gasteiger partial charge in [0.1, 0.15) is 0 Å². The lowest BCUT2D eigenvalue weighted by atomic mass is 10.1. The fraction of sp³-hybridized carbons (Fsp3) is 0.562. The summed E-state index contributed by atoms with van der Waals surface area (Å²) >= 11 is 3.47. The third-order valence-electron chi connectivity index (χ3n) is 3.85. The SMILES string of the molecule is Cc1ccc(C(=O)NCCN2CCCCCC2)cc1Br. The number of aryl methyl sites for hydroxylation is 1. The highest BCUT2D eigenvalue weighted by Gasteiger charge is 2.10. The molecule has 1 saturated heterocycles. The maximum absolute atomic E-state index is 12.1. The molecule has 1 amide bonds. The van der Waals surface area contributed by atoms with E-state index in [4.69, 9.17) is 0 Å². The lowest BCUT2D eigenvalue weighted by Crippen LogP contribution is -2.35. The summed E-state index contributed by atoms with van der Waals surface area (Å²) in [5, 5.41) is 3.01. The Morgan fingerprint density at radius 2 is 1.95 bits per heavy atom. The number of carbonyl (C=O) groups is 1. The Morgan fingerprint density at radius 1 is 1.25 bits per heavy atom. The largest absolute Gasteiger partial charge is 0.351 e. The van der Waals surface area contributed by atoms with Crippen molar-refractivity contribution in [2.45, 2.75) is 32.6 Å². The Bertz CT molecular complexity index is 454. The molecule has 1 aromatic carbocycles. The third-order valence-corrected chi connectivity index (χ3v) is 4.70. The molecule has 1 fully saturated rings. The highest BCUT2D eigenvalue weighted by molar-refractivity contribution is 9.10. The predicted molar refractivity (Wildman–Crippen MR) is 86.1 cm³/mol. The first-order valence-corrected chi connectivity index (χ1v) is 8.23. The van der Waals surface area contributed by atoms with Gasteiger partial charge in [0.25, 0.3) is 5.91 Å². The molecule has 3 nitrogen and oxygen atoms in total. The molecule has 0 bridgehead atoms. The fourth-order valence-corrected chi connectivity index (χ4v) is 2.90. The van der Waals surface area contributed by atoms with E-state index < -0.39 is 0 Å². The number of rotatable bonds is 4. The van der Waals surface area contributed by atoms with Crippen molar-refractivity contribution in [3.05, 3.63) is 33.8 Å². The molecule has 0 aromatic heterocycles. The molecular weight excluding hydrogens is 316 g/mol. The summed E-state index contributed by atoms with van der Waals surface area (Å²) in [5.74, 6) is 0.0144. The van der Waals surface area contributed by atoms with Gasteiger partial charge in [-0.3, -0.25) is 4.79 Å². The predicted octanol–water partition coefficient (Wildman–Crippen LogP) is 3.36. The molecule has 0 radical (unpaired) electrons. The average molecular weight is 339 g/mol.